The van der Waals surface area contributed by atoms with E-state index in [4.69, 9.17) is 27.0 Å². The second-order valence-electron chi connectivity index (χ2n) is 4.04. The quantitative estimate of drug-likeness (QED) is 0.371. The van der Waals surface area contributed by atoms with E-state index in [0.717, 1.165) is 0 Å². The van der Waals surface area contributed by atoms with Crippen molar-refractivity contribution >= 4 is 23.3 Å². The highest BCUT2D eigenvalue weighted by molar-refractivity contribution is 6.32. The molecule has 0 unspecified atom stereocenters. The van der Waals surface area contributed by atoms with Gasteiger partial charge in [0.05, 0.1) is 11.8 Å². The van der Waals surface area contributed by atoms with E-state index >= 15 is 0 Å². The third kappa shape index (κ3) is 3.40. The standard InChI is InChI=1S/C11H16ClN3O3/c1-7(2)15(5-3-9(13)14-17)11(16)8-4-6-18-10(8)12/h4,6-7,17H,3,5H2,1-2H3,(H2,13,14). The van der Waals surface area contributed by atoms with Gasteiger partial charge >= 0.3 is 0 Å². The molecule has 1 rings (SSSR count). The summed E-state index contributed by atoms with van der Waals surface area (Å²) in [5.74, 6) is -0.166. The minimum absolute atomic E-state index is 0.0324. The van der Waals surface area contributed by atoms with E-state index in [9.17, 15) is 4.79 Å². The van der Waals surface area contributed by atoms with Crippen LogP contribution >= 0.6 is 11.6 Å². The Morgan fingerprint density at radius 3 is 2.78 bits per heavy atom. The fourth-order valence-electron chi connectivity index (χ4n) is 1.48. The number of carbonyl (C=O) groups excluding carboxylic acids is 1. The first-order chi connectivity index (χ1) is 8.47. The van der Waals surface area contributed by atoms with Crippen molar-refractivity contribution < 1.29 is 14.4 Å². The van der Waals surface area contributed by atoms with Gasteiger partial charge in [-0.25, -0.2) is 0 Å². The molecule has 0 bridgehead atoms. The Bertz CT molecular complexity index is 442. The minimum Gasteiger partial charge on any atom is -0.452 e. The van der Waals surface area contributed by atoms with Crippen molar-refractivity contribution in [3.05, 3.63) is 23.1 Å². The molecule has 7 heteroatoms. The predicted octanol–water partition coefficient (Wildman–Crippen LogP) is 1.92. The molecule has 0 aromatic carbocycles. The van der Waals surface area contributed by atoms with Crippen LogP contribution in [0.2, 0.25) is 5.22 Å². The second kappa shape index (κ2) is 6.30. The average molecular weight is 274 g/mol. The molecular weight excluding hydrogens is 258 g/mol. The van der Waals surface area contributed by atoms with Crippen LogP contribution in [0, 0.1) is 0 Å². The third-order valence-corrected chi connectivity index (χ3v) is 2.76. The lowest BCUT2D eigenvalue weighted by molar-refractivity contribution is 0.0710. The van der Waals surface area contributed by atoms with Crippen LogP contribution in [0.5, 0.6) is 0 Å². The maximum Gasteiger partial charge on any atom is 0.258 e. The Labute approximate surface area is 110 Å². The van der Waals surface area contributed by atoms with Gasteiger partial charge in [-0.2, -0.15) is 0 Å². The minimum atomic E-state index is -0.241. The van der Waals surface area contributed by atoms with Gasteiger partial charge in [-0.15, -0.1) is 0 Å². The molecule has 3 N–H and O–H groups in total. The summed E-state index contributed by atoms with van der Waals surface area (Å²) in [6, 6.07) is 1.48. The van der Waals surface area contributed by atoms with Crippen LogP contribution in [-0.4, -0.2) is 34.4 Å². The van der Waals surface area contributed by atoms with Crippen LogP contribution in [-0.2, 0) is 0 Å². The Balaban J connectivity index is 2.80. The summed E-state index contributed by atoms with van der Waals surface area (Å²) < 4.78 is 4.89. The van der Waals surface area contributed by atoms with Crippen molar-refractivity contribution in [2.75, 3.05) is 6.54 Å². The average Bonchev–Trinajstić information content (AvgIpc) is 2.74. The lowest BCUT2D eigenvalue weighted by Crippen LogP contribution is -2.39. The smallest absolute Gasteiger partial charge is 0.258 e. The number of rotatable bonds is 5. The number of nitrogens with two attached hydrogens (primary N) is 1. The Hall–Kier alpha value is -1.69. The van der Waals surface area contributed by atoms with Gasteiger partial charge < -0.3 is 20.3 Å². The molecule has 0 saturated carbocycles. The van der Waals surface area contributed by atoms with E-state index < -0.39 is 0 Å². The number of amides is 1. The molecule has 6 nitrogen and oxygen atoms in total. The molecule has 1 amide bonds. The number of oxime groups is 1. The fourth-order valence-corrected chi connectivity index (χ4v) is 1.68. The highest BCUT2D eigenvalue weighted by Gasteiger charge is 2.22. The van der Waals surface area contributed by atoms with Gasteiger partial charge in [-0.05, 0) is 31.5 Å². The first kappa shape index (κ1) is 14.4. The van der Waals surface area contributed by atoms with Crippen molar-refractivity contribution in [2.45, 2.75) is 26.3 Å². The molecule has 1 heterocycles. The number of furan rings is 1. The van der Waals surface area contributed by atoms with Crippen molar-refractivity contribution in [3.8, 4) is 0 Å². The lowest BCUT2D eigenvalue weighted by Gasteiger charge is -2.26. The van der Waals surface area contributed by atoms with Crippen molar-refractivity contribution in [2.24, 2.45) is 10.9 Å². The summed E-state index contributed by atoms with van der Waals surface area (Å²) in [5.41, 5.74) is 5.70. The topological polar surface area (TPSA) is 92.1 Å². The maximum atomic E-state index is 12.2. The number of carbonyl (C=O) groups is 1. The molecule has 0 atom stereocenters. The summed E-state index contributed by atoms with van der Waals surface area (Å²) in [7, 11) is 0. The van der Waals surface area contributed by atoms with E-state index in [1.807, 2.05) is 13.8 Å². The Kier molecular flexibility index (Phi) is 5.03. The fraction of sp³-hybridized carbons (Fsp3) is 0.455. The Morgan fingerprint density at radius 2 is 2.33 bits per heavy atom. The van der Waals surface area contributed by atoms with E-state index in [-0.39, 0.29) is 29.4 Å². The highest BCUT2D eigenvalue weighted by atomic mass is 35.5. The van der Waals surface area contributed by atoms with Crippen molar-refractivity contribution in [1.29, 1.82) is 0 Å². The summed E-state index contributed by atoms with van der Waals surface area (Å²) in [6.07, 6.45) is 1.65. The molecule has 0 radical (unpaired) electrons. The van der Waals surface area contributed by atoms with E-state index in [1.165, 1.54) is 12.3 Å². The zero-order valence-corrected chi connectivity index (χ0v) is 11.0. The SMILES string of the molecule is CC(C)N(CC/C(N)=N/O)C(=O)c1ccoc1Cl. The van der Waals surface area contributed by atoms with Gasteiger partial charge in [0.2, 0.25) is 5.22 Å². The van der Waals surface area contributed by atoms with E-state index in [0.29, 0.717) is 12.1 Å². The Morgan fingerprint density at radius 1 is 1.67 bits per heavy atom. The molecule has 0 spiro atoms. The molecule has 0 aliphatic rings. The van der Waals surface area contributed by atoms with Gasteiger partial charge in [0.1, 0.15) is 5.84 Å². The normalized spacial score (nSPS) is 11.9. The highest BCUT2D eigenvalue weighted by Crippen LogP contribution is 2.19. The van der Waals surface area contributed by atoms with E-state index in [2.05, 4.69) is 5.16 Å². The molecule has 100 valence electrons. The van der Waals surface area contributed by atoms with E-state index in [1.54, 1.807) is 4.90 Å². The number of halogens is 1. The van der Waals surface area contributed by atoms with Crippen LogP contribution in [0.1, 0.15) is 30.6 Å². The number of nitrogens with zero attached hydrogens (tertiary/aromatic N) is 2. The number of amidine groups is 1. The largest absolute Gasteiger partial charge is 0.452 e. The molecule has 0 aliphatic carbocycles. The predicted molar refractivity (Wildman–Crippen MR) is 67.9 cm³/mol. The van der Waals surface area contributed by atoms with Crippen LogP contribution in [0.25, 0.3) is 0 Å². The molecule has 1 aromatic heterocycles. The van der Waals surface area contributed by atoms with Gasteiger partial charge in [0.15, 0.2) is 0 Å². The van der Waals surface area contributed by atoms with Crippen LogP contribution in [0.15, 0.2) is 21.9 Å². The first-order valence-corrected chi connectivity index (χ1v) is 5.85. The van der Waals surface area contributed by atoms with Crippen LogP contribution < -0.4 is 5.73 Å². The zero-order chi connectivity index (χ0) is 13.7. The molecular formula is C11H16ClN3O3. The van der Waals surface area contributed by atoms with Crippen LogP contribution in [0.4, 0.5) is 0 Å². The second-order valence-corrected chi connectivity index (χ2v) is 4.38. The zero-order valence-electron chi connectivity index (χ0n) is 10.3. The monoisotopic (exact) mass is 273 g/mol. The molecule has 0 fully saturated rings. The molecule has 0 aliphatic heterocycles. The van der Waals surface area contributed by atoms with Crippen molar-refractivity contribution in [1.82, 2.24) is 4.90 Å². The molecule has 1 aromatic rings. The first-order valence-electron chi connectivity index (χ1n) is 5.47. The van der Waals surface area contributed by atoms with Gasteiger partial charge in [0.25, 0.3) is 5.91 Å². The van der Waals surface area contributed by atoms with Gasteiger partial charge in [-0.1, -0.05) is 5.16 Å². The van der Waals surface area contributed by atoms with Crippen molar-refractivity contribution in [3.63, 3.8) is 0 Å². The third-order valence-electron chi connectivity index (χ3n) is 2.47. The van der Waals surface area contributed by atoms with Gasteiger partial charge in [-0.3, -0.25) is 4.79 Å². The summed E-state index contributed by atoms with van der Waals surface area (Å²) in [4.78, 5) is 13.8. The summed E-state index contributed by atoms with van der Waals surface area (Å²) in [6.45, 7) is 4.09. The lowest BCUT2D eigenvalue weighted by atomic mass is 10.2. The molecule has 0 saturated heterocycles. The molecule has 18 heavy (non-hydrogen) atoms. The number of hydrogen-bond acceptors (Lipinski definition) is 4. The number of hydrogen-bond donors (Lipinski definition) is 2. The van der Waals surface area contributed by atoms with Gasteiger partial charge in [0, 0.05) is 19.0 Å². The van der Waals surface area contributed by atoms with Crippen LogP contribution in [0.3, 0.4) is 0 Å². The summed E-state index contributed by atoms with van der Waals surface area (Å²) >= 11 is 5.77. The maximum absolute atomic E-state index is 12.2. The summed E-state index contributed by atoms with van der Waals surface area (Å²) in [5, 5.41) is 11.4.